The Morgan fingerprint density at radius 2 is 2.03 bits per heavy atom. The Bertz CT molecular complexity index is 1070. The van der Waals surface area contributed by atoms with Crippen molar-refractivity contribution in [1.29, 1.82) is 0 Å². The van der Waals surface area contributed by atoms with E-state index in [2.05, 4.69) is 20.6 Å². The van der Waals surface area contributed by atoms with Gasteiger partial charge in [0.05, 0.1) is 16.6 Å². The molecule has 4 N–H and O–H groups in total. The van der Waals surface area contributed by atoms with Crippen molar-refractivity contribution in [2.75, 3.05) is 18.4 Å². The van der Waals surface area contributed by atoms with Crippen molar-refractivity contribution in [2.24, 2.45) is 5.73 Å². The van der Waals surface area contributed by atoms with Crippen LogP contribution in [0.15, 0.2) is 48.9 Å². The number of nitrogens with two attached hydrogens (primary N) is 1. The lowest BCUT2D eigenvalue weighted by Gasteiger charge is -2.23. The lowest BCUT2D eigenvalue weighted by molar-refractivity contribution is -0.137. The number of benzene rings is 2. The van der Waals surface area contributed by atoms with Gasteiger partial charge in [0.25, 0.3) is 5.91 Å². The lowest BCUT2D eigenvalue weighted by Crippen LogP contribution is -2.27. The monoisotopic (exact) mass is 401 g/mol. The fourth-order valence-electron chi connectivity index (χ4n) is 3.73. The molecule has 0 saturated carbocycles. The van der Waals surface area contributed by atoms with Crippen molar-refractivity contribution in [3.05, 3.63) is 65.6 Å². The van der Waals surface area contributed by atoms with E-state index >= 15 is 0 Å². The van der Waals surface area contributed by atoms with Gasteiger partial charge in [-0.3, -0.25) is 4.79 Å². The number of alkyl halides is 3. The molecular weight excluding hydrogens is 383 g/mol. The minimum Gasteiger partial charge on any atom is -0.380 e. The molecule has 9 heteroatoms. The number of fused-ring (bicyclic) bond motifs is 1. The quantitative estimate of drug-likeness (QED) is 0.625. The zero-order valence-corrected chi connectivity index (χ0v) is 15.2. The Balaban J connectivity index is 1.67. The predicted molar refractivity (Wildman–Crippen MR) is 103 cm³/mol. The second-order valence-electron chi connectivity index (χ2n) is 6.95. The van der Waals surface area contributed by atoms with Gasteiger partial charge in [0.1, 0.15) is 6.33 Å². The zero-order valence-electron chi connectivity index (χ0n) is 15.2. The summed E-state index contributed by atoms with van der Waals surface area (Å²) < 4.78 is 39.3. The Kier molecular flexibility index (Phi) is 4.83. The normalized spacial score (nSPS) is 19.4. The molecule has 2 aromatic carbocycles. The van der Waals surface area contributed by atoms with Gasteiger partial charge in [-0.25, -0.2) is 9.97 Å². The number of amides is 1. The molecule has 1 aliphatic heterocycles. The van der Waals surface area contributed by atoms with Gasteiger partial charge in [-0.15, -0.1) is 0 Å². The Labute approximate surface area is 164 Å². The van der Waals surface area contributed by atoms with E-state index in [-0.39, 0.29) is 17.5 Å². The molecule has 150 valence electrons. The molecule has 1 aromatic heterocycles. The van der Waals surface area contributed by atoms with Gasteiger partial charge in [0, 0.05) is 42.3 Å². The van der Waals surface area contributed by atoms with Crippen LogP contribution >= 0.6 is 0 Å². The molecule has 1 amide bonds. The first-order valence-corrected chi connectivity index (χ1v) is 9.01. The number of carbonyl (C=O) groups excluding carboxylic acids is 1. The van der Waals surface area contributed by atoms with Gasteiger partial charge in [-0.2, -0.15) is 13.2 Å². The molecule has 6 nitrogen and oxygen atoms in total. The number of carbonyl (C=O) groups is 1. The molecule has 2 unspecified atom stereocenters. The molecule has 2 atom stereocenters. The van der Waals surface area contributed by atoms with E-state index in [0.29, 0.717) is 35.2 Å². The van der Waals surface area contributed by atoms with Crippen molar-refractivity contribution in [3.8, 4) is 0 Å². The molecule has 0 bridgehead atoms. The standard InChI is InChI=1S/C20H18F3N5O/c21-20(22,23)12-3-1-2-11(6-12)14-7-25-9-17(14)28-16-5-4-13(19(24)29)18-15(16)8-26-10-27-18/h1-6,8,10,14,17,25,28H,7,9H2,(H2,24,29). The van der Waals surface area contributed by atoms with Gasteiger partial charge in [-0.05, 0) is 23.8 Å². The largest absolute Gasteiger partial charge is 0.416 e. The highest BCUT2D eigenvalue weighted by atomic mass is 19.4. The molecular formula is C20H18F3N5O. The van der Waals surface area contributed by atoms with Crippen LogP contribution in [0.25, 0.3) is 10.9 Å². The van der Waals surface area contributed by atoms with Crippen molar-refractivity contribution < 1.29 is 18.0 Å². The van der Waals surface area contributed by atoms with E-state index in [1.165, 1.54) is 18.5 Å². The van der Waals surface area contributed by atoms with Gasteiger partial charge in [0.15, 0.2) is 0 Å². The van der Waals surface area contributed by atoms with Gasteiger partial charge < -0.3 is 16.4 Å². The van der Waals surface area contributed by atoms with Crippen LogP contribution in [0.1, 0.15) is 27.4 Å². The van der Waals surface area contributed by atoms with Crippen molar-refractivity contribution in [1.82, 2.24) is 15.3 Å². The Hall–Kier alpha value is -3.20. The van der Waals surface area contributed by atoms with E-state index < -0.39 is 17.6 Å². The number of rotatable bonds is 4. The number of hydrogen-bond acceptors (Lipinski definition) is 5. The molecule has 4 rings (SSSR count). The maximum absolute atomic E-state index is 13.1. The van der Waals surface area contributed by atoms with E-state index in [1.807, 2.05) is 0 Å². The first kappa shape index (κ1) is 19.1. The van der Waals surface area contributed by atoms with Crippen molar-refractivity contribution in [3.63, 3.8) is 0 Å². The summed E-state index contributed by atoms with van der Waals surface area (Å²) in [5.41, 5.74) is 6.77. The van der Waals surface area contributed by atoms with Crippen LogP contribution in [-0.4, -0.2) is 35.0 Å². The van der Waals surface area contributed by atoms with Crippen LogP contribution in [0.4, 0.5) is 18.9 Å². The lowest BCUT2D eigenvalue weighted by atomic mass is 9.92. The fraction of sp³-hybridized carbons (Fsp3) is 0.250. The molecule has 0 aliphatic carbocycles. The minimum atomic E-state index is -4.39. The molecule has 2 heterocycles. The first-order valence-electron chi connectivity index (χ1n) is 9.01. The number of nitrogens with one attached hydrogen (secondary N) is 2. The van der Waals surface area contributed by atoms with E-state index in [9.17, 15) is 18.0 Å². The zero-order chi connectivity index (χ0) is 20.6. The van der Waals surface area contributed by atoms with Crippen LogP contribution in [0, 0.1) is 0 Å². The molecule has 3 aromatic rings. The van der Waals surface area contributed by atoms with Crippen molar-refractivity contribution >= 4 is 22.5 Å². The van der Waals surface area contributed by atoms with Gasteiger partial charge in [0.2, 0.25) is 0 Å². The summed E-state index contributed by atoms with van der Waals surface area (Å²) in [7, 11) is 0. The average Bonchev–Trinajstić information content (AvgIpc) is 3.15. The summed E-state index contributed by atoms with van der Waals surface area (Å²) in [6, 6.07) is 8.55. The average molecular weight is 401 g/mol. The third-order valence-corrected chi connectivity index (χ3v) is 5.14. The summed E-state index contributed by atoms with van der Waals surface area (Å²) in [5.74, 6) is -0.752. The van der Waals surface area contributed by atoms with Crippen LogP contribution in [0.5, 0.6) is 0 Å². The number of nitrogens with zero attached hydrogens (tertiary/aromatic N) is 2. The second kappa shape index (κ2) is 7.32. The summed E-state index contributed by atoms with van der Waals surface area (Å²) in [6.45, 7) is 1.13. The Morgan fingerprint density at radius 3 is 2.79 bits per heavy atom. The van der Waals surface area contributed by atoms with E-state index in [4.69, 9.17) is 5.73 Å². The summed E-state index contributed by atoms with van der Waals surface area (Å²) in [4.78, 5) is 19.8. The van der Waals surface area contributed by atoms with Gasteiger partial charge >= 0.3 is 6.18 Å². The molecule has 1 fully saturated rings. The van der Waals surface area contributed by atoms with E-state index in [1.54, 1.807) is 24.4 Å². The van der Waals surface area contributed by atoms with Crippen molar-refractivity contribution in [2.45, 2.75) is 18.1 Å². The first-order chi connectivity index (χ1) is 13.8. The Morgan fingerprint density at radius 1 is 1.21 bits per heavy atom. The van der Waals surface area contributed by atoms with Crippen LogP contribution < -0.4 is 16.4 Å². The molecule has 0 radical (unpaired) electrons. The highest BCUT2D eigenvalue weighted by Crippen LogP contribution is 2.34. The van der Waals surface area contributed by atoms with Crippen LogP contribution in [0.3, 0.4) is 0 Å². The maximum atomic E-state index is 13.1. The summed E-state index contributed by atoms with van der Waals surface area (Å²) in [5, 5.41) is 7.23. The molecule has 0 spiro atoms. The SMILES string of the molecule is NC(=O)c1ccc(NC2CNCC2c2cccc(C(F)(F)F)c2)c2cncnc12. The predicted octanol–water partition coefficient (Wildman–Crippen LogP) is 2.92. The molecule has 1 aliphatic rings. The maximum Gasteiger partial charge on any atom is 0.416 e. The smallest absolute Gasteiger partial charge is 0.380 e. The number of anilines is 1. The fourth-order valence-corrected chi connectivity index (χ4v) is 3.73. The number of aromatic nitrogens is 2. The molecule has 1 saturated heterocycles. The number of primary amides is 1. The van der Waals surface area contributed by atoms with Crippen LogP contribution in [-0.2, 0) is 6.18 Å². The highest BCUT2D eigenvalue weighted by molar-refractivity contribution is 6.07. The summed E-state index contributed by atoms with van der Waals surface area (Å²) in [6.07, 6.45) is -1.47. The van der Waals surface area contributed by atoms with Gasteiger partial charge in [-0.1, -0.05) is 18.2 Å². The number of hydrogen-bond donors (Lipinski definition) is 3. The second-order valence-corrected chi connectivity index (χ2v) is 6.95. The number of halogens is 3. The van der Waals surface area contributed by atoms with Crippen LogP contribution in [0.2, 0.25) is 0 Å². The third-order valence-electron chi connectivity index (χ3n) is 5.14. The summed E-state index contributed by atoms with van der Waals surface area (Å²) >= 11 is 0. The topological polar surface area (TPSA) is 92.9 Å². The minimum absolute atomic E-state index is 0.152. The van der Waals surface area contributed by atoms with E-state index in [0.717, 1.165) is 6.07 Å². The highest BCUT2D eigenvalue weighted by Gasteiger charge is 2.33. The third kappa shape index (κ3) is 3.73. The molecule has 29 heavy (non-hydrogen) atoms.